The molecule has 176 valence electrons. The number of carbonyl (C=O) groups is 1. The van der Waals surface area contributed by atoms with Gasteiger partial charge in [0.05, 0.1) is 30.5 Å². The van der Waals surface area contributed by atoms with Crippen molar-refractivity contribution in [2.75, 3.05) is 13.2 Å². The fourth-order valence-electron chi connectivity index (χ4n) is 4.03. The molecule has 0 amide bonds. The van der Waals surface area contributed by atoms with Gasteiger partial charge in [-0.05, 0) is 24.0 Å². The lowest BCUT2D eigenvalue weighted by Gasteiger charge is -2.29. The fourth-order valence-corrected chi connectivity index (χ4v) is 4.24. The van der Waals surface area contributed by atoms with Crippen molar-refractivity contribution < 1.29 is 19.4 Å². The van der Waals surface area contributed by atoms with Gasteiger partial charge in [0.1, 0.15) is 6.10 Å². The molecule has 0 radical (unpaired) electrons. The van der Waals surface area contributed by atoms with Crippen LogP contribution in [0.4, 0.5) is 0 Å². The van der Waals surface area contributed by atoms with E-state index in [1.807, 2.05) is 12.1 Å². The minimum atomic E-state index is -0.610. The predicted molar refractivity (Wildman–Crippen MR) is 129 cm³/mol. The van der Waals surface area contributed by atoms with Crippen LogP contribution in [0.25, 0.3) is 0 Å². The van der Waals surface area contributed by atoms with Gasteiger partial charge in [0.25, 0.3) is 0 Å². The summed E-state index contributed by atoms with van der Waals surface area (Å²) < 4.78 is 11.2. The third kappa shape index (κ3) is 6.80. The van der Waals surface area contributed by atoms with Crippen molar-refractivity contribution in [1.82, 2.24) is 10.3 Å². The highest BCUT2D eigenvalue weighted by atomic mass is 35.5. The molecule has 0 bridgehead atoms. The lowest BCUT2D eigenvalue weighted by molar-refractivity contribution is 0.0237. The van der Waals surface area contributed by atoms with Gasteiger partial charge >= 0.3 is 0 Å². The zero-order valence-electron chi connectivity index (χ0n) is 17.7. The Morgan fingerprint density at radius 1 is 1.25 bits per heavy atom. The predicted octanol–water partition coefficient (Wildman–Crippen LogP) is 4.17. The Bertz CT molecular complexity index is 893. The van der Waals surface area contributed by atoms with E-state index in [2.05, 4.69) is 22.4 Å². The number of halogens is 3. The summed E-state index contributed by atoms with van der Waals surface area (Å²) in [5.74, 6) is 0.287. The Morgan fingerprint density at radius 2 is 1.97 bits per heavy atom. The van der Waals surface area contributed by atoms with Gasteiger partial charge in [-0.2, -0.15) is 0 Å². The van der Waals surface area contributed by atoms with E-state index in [-0.39, 0.29) is 49.2 Å². The third-order valence-corrected chi connectivity index (χ3v) is 6.13. The van der Waals surface area contributed by atoms with Gasteiger partial charge in [-0.25, -0.2) is 4.98 Å². The molecular weight excluding hydrogens is 475 g/mol. The molecule has 2 aliphatic rings. The van der Waals surface area contributed by atoms with E-state index in [1.54, 1.807) is 6.07 Å². The van der Waals surface area contributed by atoms with Crippen LogP contribution in [0, 0.1) is 0 Å². The number of ether oxygens (including phenoxy) is 2. The average molecular weight is 504 g/mol. The molecule has 1 saturated heterocycles. The zero-order valence-corrected chi connectivity index (χ0v) is 20.1. The van der Waals surface area contributed by atoms with Crippen LogP contribution >= 0.6 is 36.4 Å². The van der Waals surface area contributed by atoms with E-state index >= 15 is 0 Å². The molecule has 32 heavy (non-hydrogen) atoms. The van der Waals surface area contributed by atoms with Crippen molar-refractivity contribution >= 4 is 42.2 Å². The quantitative estimate of drug-likeness (QED) is 0.552. The van der Waals surface area contributed by atoms with E-state index in [4.69, 9.17) is 21.1 Å². The topological polar surface area (TPSA) is 80.7 Å². The van der Waals surface area contributed by atoms with Crippen LogP contribution in [0.5, 0.6) is 5.88 Å². The van der Waals surface area contributed by atoms with Crippen molar-refractivity contribution in [3.63, 3.8) is 0 Å². The zero-order chi connectivity index (χ0) is 20.9. The number of carbonyl (C=O) groups excluding carboxylic acids is 1. The Morgan fingerprint density at radius 3 is 2.72 bits per heavy atom. The number of aromatic nitrogens is 1. The molecule has 6 nitrogen and oxygen atoms in total. The first-order chi connectivity index (χ1) is 14.6. The molecular formula is C23H29Cl3N2O4. The molecule has 0 unspecified atom stereocenters. The second-order valence-electron chi connectivity index (χ2n) is 7.92. The molecule has 2 aromatic rings. The molecule has 2 aliphatic heterocycles. The molecule has 1 fully saturated rings. The Balaban J connectivity index is 0.00000181. The standard InChI is InChI=1S/C23H27ClN2O4.2ClH/c24-19-14-26-23(30-17-7-9-29-10-8-17)12-18(19)21(27)5-6-22(28)20-11-15-3-1-2-4-16(15)13-25-20;;/h1-4,12,14,17,20,22,25,28H,5-11,13H2;2*1H/t20-,22+;;/m0../s1. The summed E-state index contributed by atoms with van der Waals surface area (Å²) in [5.41, 5.74) is 2.90. The maximum atomic E-state index is 12.8. The summed E-state index contributed by atoms with van der Waals surface area (Å²) in [6.45, 7) is 2.07. The highest BCUT2D eigenvalue weighted by molar-refractivity contribution is 6.33. The molecule has 9 heteroatoms. The summed E-state index contributed by atoms with van der Waals surface area (Å²) in [6.07, 6.45) is 3.83. The van der Waals surface area contributed by atoms with Crippen LogP contribution in [-0.2, 0) is 17.7 Å². The maximum absolute atomic E-state index is 12.8. The van der Waals surface area contributed by atoms with Crippen LogP contribution < -0.4 is 10.1 Å². The highest BCUT2D eigenvalue weighted by Crippen LogP contribution is 2.25. The number of fused-ring (bicyclic) bond motifs is 1. The van der Waals surface area contributed by atoms with Crippen molar-refractivity contribution in [3.05, 3.63) is 58.2 Å². The molecule has 3 heterocycles. The summed E-state index contributed by atoms with van der Waals surface area (Å²) in [6, 6.07) is 9.78. The summed E-state index contributed by atoms with van der Waals surface area (Å²) in [7, 11) is 0. The second-order valence-corrected chi connectivity index (χ2v) is 8.33. The van der Waals surface area contributed by atoms with Crippen LogP contribution in [0.3, 0.4) is 0 Å². The normalized spacial score (nSPS) is 19.1. The van der Waals surface area contributed by atoms with Gasteiger partial charge in [0.15, 0.2) is 5.78 Å². The SMILES string of the molecule is Cl.Cl.O=C(CC[C@@H](O)[C@@H]1Cc2ccccc2CN1)c1cc(OC2CCOCC2)ncc1Cl. The third-order valence-electron chi connectivity index (χ3n) is 5.83. The molecule has 2 atom stereocenters. The maximum Gasteiger partial charge on any atom is 0.214 e. The fraction of sp³-hybridized carbons (Fsp3) is 0.478. The number of ketones is 1. The number of nitrogens with one attached hydrogen (secondary N) is 1. The minimum Gasteiger partial charge on any atom is -0.474 e. The van der Waals surface area contributed by atoms with Crippen molar-refractivity contribution in [2.24, 2.45) is 0 Å². The molecule has 1 aromatic heterocycles. The number of hydrogen-bond donors (Lipinski definition) is 2. The van der Waals surface area contributed by atoms with Crippen molar-refractivity contribution in [3.8, 4) is 5.88 Å². The second kappa shape index (κ2) is 12.7. The Labute approximate surface area is 205 Å². The molecule has 1 aromatic carbocycles. The van der Waals surface area contributed by atoms with Crippen LogP contribution in [0.2, 0.25) is 5.02 Å². The largest absolute Gasteiger partial charge is 0.474 e. The van der Waals surface area contributed by atoms with Crippen LogP contribution in [0.15, 0.2) is 36.5 Å². The number of benzene rings is 1. The summed E-state index contributed by atoms with van der Waals surface area (Å²) in [4.78, 5) is 17.0. The smallest absolute Gasteiger partial charge is 0.214 e. The lowest BCUT2D eigenvalue weighted by Crippen LogP contribution is -2.44. The van der Waals surface area contributed by atoms with Gasteiger partial charge in [-0.1, -0.05) is 35.9 Å². The Kier molecular flexibility index (Phi) is 10.7. The van der Waals surface area contributed by atoms with Gasteiger partial charge in [0.2, 0.25) is 5.88 Å². The number of nitrogens with zero attached hydrogens (tertiary/aromatic N) is 1. The summed E-state index contributed by atoms with van der Waals surface area (Å²) in [5, 5.41) is 14.3. The Hall–Kier alpha value is -1.41. The van der Waals surface area contributed by atoms with Crippen molar-refractivity contribution in [2.45, 2.75) is 56.9 Å². The number of pyridine rings is 1. The van der Waals surface area contributed by atoms with Crippen LogP contribution in [0.1, 0.15) is 47.2 Å². The highest BCUT2D eigenvalue weighted by Gasteiger charge is 2.25. The lowest BCUT2D eigenvalue weighted by atomic mass is 9.91. The first-order valence-corrected chi connectivity index (χ1v) is 10.9. The molecule has 0 spiro atoms. The van der Waals surface area contributed by atoms with E-state index in [1.165, 1.54) is 17.3 Å². The van der Waals surface area contributed by atoms with Gasteiger partial charge in [-0.3, -0.25) is 4.79 Å². The number of aliphatic hydroxyl groups excluding tert-OH is 1. The number of aliphatic hydroxyl groups is 1. The average Bonchev–Trinajstić information content (AvgIpc) is 2.79. The molecule has 0 saturated carbocycles. The molecule has 0 aliphatic carbocycles. The minimum absolute atomic E-state index is 0. The first-order valence-electron chi connectivity index (χ1n) is 10.5. The first kappa shape index (κ1) is 26.8. The van der Waals surface area contributed by atoms with Gasteiger partial charge in [0, 0.05) is 43.5 Å². The van der Waals surface area contributed by atoms with Crippen molar-refractivity contribution in [1.29, 1.82) is 0 Å². The van der Waals surface area contributed by atoms with E-state index < -0.39 is 6.10 Å². The number of hydrogen-bond acceptors (Lipinski definition) is 6. The number of rotatable bonds is 7. The van der Waals surface area contributed by atoms with Gasteiger partial charge in [-0.15, -0.1) is 24.8 Å². The molecule has 4 rings (SSSR count). The monoisotopic (exact) mass is 502 g/mol. The van der Waals surface area contributed by atoms with Crippen LogP contribution in [-0.4, -0.2) is 47.3 Å². The number of Topliss-reactive ketones (excluding diaryl/α,β-unsaturated/α-hetero) is 1. The van der Waals surface area contributed by atoms with Gasteiger partial charge < -0.3 is 19.9 Å². The van der Waals surface area contributed by atoms with E-state index in [9.17, 15) is 9.90 Å². The summed E-state index contributed by atoms with van der Waals surface area (Å²) >= 11 is 6.22. The molecule has 2 N–H and O–H groups in total. The van der Waals surface area contributed by atoms with E-state index in [0.717, 1.165) is 25.8 Å². The van der Waals surface area contributed by atoms with E-state index in [0.29, 0.717) is 36.1 Å².